The summed E-state index contributed by atoms with van der Waals surface area (Å²) < 4.78 is 28.2. The van der Waals surface area contributed by atoms with Crippen molar-refractivity contribution >= 4 is 11.9 Å². The Morgan fingerprint density at radius 3 is 1.42 bits per heavy atom. The largest absolute Gasteiger partial charge is 0.449 e. The van der Waals surface area contributed by atoms with Crippen molar-refractivity contribution < 1.29 is 33.3 Å². The molecule has 0 fully saturated rings. The number of hydrogen-bond acceptors (Lipinski definition) is 10. The minimum Gasteiger partial charge on any atom is -0.449 e. The third kappa shape index (κ3) is 6.41. The van der Waals surface area contributed by atoms with Crippen LogP contribution in [0.5, 0.6) is 46.8 Å². The number of aromatic nitrogens is 3. The zero-order valence-electron chi connectivity index (χ0n) is 20.6. The van der Waals surface area contributed by atoms with Crippen LogP contribution in [-0.4, -0.2) is 26.8 Å². The van der Waals surface area contributed by atoms with Crippen molar-refractivity contribution in [3.05, 3.63) is 89.9 Å². The zero-order chi connectivity index (χ0) is 26.9. The van der Waals surface area contributed by atoms with Gasteiger partial charge in [-0.3, -0.25) is 0 Å². The highest BCUT2D eigenvalue weighted by molar-refractivity contribution is 5.48. The van der Waals surface area contributed by atoms with E-state index in [1.807, 2.05) is 32.9 Å². The fourth-order valence-electron chi connectivity index (χ4n) is 3.51. The van der Waals surface area contributed by atoms with E-state index in [9.17, 15) is 9.59 Å². The molecule has 0 saturated heterocycles. The van der Waals surface area contributed by atoms with E-state index in [1.54, 1.807) is 60.4 Å². The van der Waals surface area contributed by atoms with Crippen LogP contribution >= 0.6 is 0 Å². The molecule has 10 nitrogen and oxygen atoms in total. The monoisotopic (exact) mass is 511 g/mol. The van der Waals surface area contributed by atoms with Gasteiger partial charge in [0.2, 0.25) is 0 Å². The third-order valence-corrected chi connectivity index (χ3v) is 4.94. The van der Waals surface area contributed by atoms with Crippen molar-refractivity contribution in [2.45, 2.75) is 20.8 Å². The second-order valence-electron chi connectivity index (χ2n) is 7.82. The van der Waals surface area contributed by atoms with E-state index in [0.29, 0.717) is 5.75 Å². The summed E-state index contributed by atoms with van der Waals surface area (Å²) in [6, 6.07) is 16.7. The molecule has 0 unspecified atom stereocenters. The van der Waals surface area contributed by atoms with Crippen LogP contribution in [-0.2, 0) is 9.59 Å². The van der Waals surface area contributed by atoms with Crippen LogP contribution in [0.15, 0.2) is 73.2 Å². The quantitative estimate of drug-likeness (QED) is 0.196. The van der Waals surface area contributed by atoms with E-state index in [4.69, 9.17) is 23.7 Å². The number of rotatable bonds is 10. The number of benzene rings is 3. The van der Waals surface area contributed by atoms with Gasteiger partial charge < -0.3 is 23.7 Å². The summed E-state index contributed by atoms with van der Waals surface area (Å²) >= 11 is 0. The minimum atomic E-state index is -0.176. The summed E-state index contributed by atoms with van der Waals surface area (Å²) in [6.45, 7) is 5.81. The number of ether oxygens (including phenoxy) is 5. The van der Waals surface area contributed by atoms with Gasteiger partial charge in [0.1, 0.15) is 5.75 Å². The van der Waals surface area contributed by atoms with Crippen LogP contribution in [0.4, 0.5) is 0 Å². The van der Waals surface area contributed by atoms with E-state index in [2.05, 4.69) is 15.0 Å². The molecule has 0 N–H and O–H groups in total. The van der Waals surface area contributed by atoms with Crippen LogP contribution in [0.2, 0.25) is 0 Å². The highest BCUT2D eigenvalue weighted by atomic mass is 16.6. The second-order valence-corrected chi connectivity index (χ2v) is 7.82. The molecule has 0 spiro atoms. The van der Waals surface area contributed by atoms with Crippen LogP contribution in [0.3, 0.4) is 0 Å². The number of hydrogen-bond donors (Lipinski definition) is 0. The molecule has 3 aromatic carbocycles. The average Bonchev–Trinajstić information content (AvgIpc) is 2.89. The van der Waals surface area contributed by atoms with Crippen molar-refractivity contribution in [1.82, 2.24) is 15.0 Å². The Labute approximate surface area is 217 Å². The molecule has 0 bridgehead atoms. The van der Waals surface area contributed by atoms with Gasteiger partial charge in [-0.25, -0.2) is 9.59 Å². The molecule has 0 radical (unpaired) electrons. The normalized spacial score (nSPS) is 9.97. The van der Waals surface area contributed by atoms with Crippen LogP contribution in [0, 0.1) is 20.8 Å². The molecule has 0 aliphatic carbocycles. The van der Waals surface area contributed by atoms with Crippen LogP contribution in [0.25, 0.3) is 0 Å². The summed E-state index contributed by atoms with van der Waals surface area (Å²) in [7, 11) is 0. The van der Waals surface area contributed by atoms with Crippen molar-refractivity contribution in [1.29, 1.82) is 0 Å². The Hall–Kier alpha value is -5.43. The van der Waals surface area contributed by atoms with E-state index >= 15 is 0 Å². The standard InChI is InChI=1S/C28H21N3O7/c1-18-16-19(2)25(20(3)17-18)38-28-30-26(36-23-10-6-4-8-21(23)34-14-12-32)29-27(31-28)37-24-11-7-5-9-22(24)35-15-13-33/h4-11,14-17H,1-3H3. The molecule has 1 aromatic heterocycles. The Kier molecular flexibility index (Phi) is 8.11. The SMILES string of the molecule is Cc1cc(C)c(Oc2nc(Oc3ccccc3OC=C=O)nc(Oc3ccccc3OC=C=O)n2)c(C)c1. The van der Waals surface area contributed by atoms with E-state index in [1.165, 1.54) is 0 Å². The van der Waals surface area contributed by atoms with Gasteiger partial charge in [-0.15, -0.1) is 15.0 Å². The highest BCUT2D eigenvalue weighted by Gasteiger charge is 2.17. The molecular formula is C28H21N3O7. The lowest BCUT2D eigenvalue weighted by Crippen LogP contribution is -2.03. The number of nitrogens with zero attached hydrogens (tertiary/aromatic N) is 3. The highest BCUT2D eigenvalue weighted by Crippen LogP contribution is 2.35. The molecule has 0 amide bonds. The Balaban J connectivity index is 1.75. The van der Waals surface area contributed by atoms with Gasteiger partial charge >= 0.3 is 18.0 Å². The van der Waals surface area contributed by atoms with Gasteiger partial charge in [0.05, 0.1) is 0 Å². The van der Waals surface area contributed by atoms with Gasteiger partial charge in [-0.2, -0.15) is 0 Å². The topological polar surface area (TPSA) is 119 Å². The molecule has 4 rings (SSSR count). The van der Waals surface area contributed by atoms with E-state index < -0.39 is 0 Å². The van der Waals surface area contributed by atoms with Gasteiger partial charge in [0.15, 0.2) is 47.4 Å². The summed E-state index contributed by atoms with van der Waals surface area (Å²) in [6.07, 6.45) is 1.71. The molecule has 4 aromatic rings. The minimum absolute atomic E-state index is 0.0996. The fraction of sp³-hybridized carbons (Fsp3) is 0.107. The smallest absolute Gasteiger partial charge is 0.331 e. The predicted molar refractivity (Wildman–Crippen MR) is 135 cm³/mol. The number of carbonyl (C=O) groups excluding carboxylic acids is 2. The lowest BCUT2D eigenvalue weighted by Gasteiger charge is -2.14. The fourth-order valence-corrected chi connectivity index (χ4v) is 3.51. The van der Waals surface area contributed by atoms with Gasteiger partial charge in [-0.1, -0.05) is 42.0 Å². The summed E-state index contributed by atoms with van der Waals surface area (Å²) in [5.41, 5.74) is 2.84. The Bertz CT molecular complexity index is 1450. The lowest BCUT2D eigenvalue weighted by molar-refractivity contribution is 0.345. The number of aryl methyl sites for hydroxylation is 3. The zero-order valence-corrected chi connectivity index (χ0v) is 20.6. The van der Waals surface area contributed by atoms with Gasteiger partial charge in [-0.05, 0) is 56.2 Å². The first-order valence-electron chi connectivity index (χ1n) is 11.2. The molecular weight excluding hydrogens is 490 g/mol. The van der Waals surface area contributed by atoms with Crippen LogP contribution < -0.4 is 23.7 Å². The number of para-hydroxylation sites is 4. The van der Waals surface area contributed by atoms with Gasteiger partial charge in [0, 0.05) is 0 Å². The molecule has 1 heterocycles. The van der Waals surface area contributed by atoms with Crippen molar-refractivity contribution in [3.8, 4) is 46.8 Å². The lowest BCUT2D eigenvalue weighted by atomic mass is 10.1. The first-order chi connectivity index (χ1) is 18.5. The Morgan fingerprint density at radius 1 is 0.605 bits per heavy atom. The van der Waals surface area contributed by atoms with E-state index in [0.717, 1.165) is 29.2 Å². The maximum Gasteiger partial charge on any atom is 0.331 e. The van der Waals surface area contributed by atoms with Crippen molar-refractivity contribution in [3.63, 3.8) is 0 Å². The first-order valence-corrected chi connectivity index (χ1v) is 11.2. The maximum absolute atomic E-state index is 10.6. The predicted octanol–water partition coefficient (Wildman–Crippen LogP) is 5.62. The molecule has 0 saturated carbocycles. The summed E-state index contributed by atoms with van der Waals surface area (Å²) in [5, 5.41) is 0. The molecule has 38 heavy (non-hydrogen) atoms. The first kappa shape index (κ1) is 25.7. The molecule has 190 valence electrons. The average molecular weight is 511 g/mol. The molecule has 0 aliphatic rings. The molecule has 10 heteroatoms. The van der Waals surface area contributed by atoms with Crippen molar-refractivity contribution in [2.24, 2.45) is 0 Å². The molecule has 0 atom stereocenters. The summed E-state index contributed by atoms with van der Waals surface area (Å²) in [4.78, 5) is 34.0. The van der Waals surface area contributed by atoms with E-state index in [-0.39, 0.29) is 41.0 Å². The maximum atomic E-state index is 10.6. The summed E-state index contributed by atoms with van der Waals surface area (Å²) in [5.74, 6) is 4.53. The van der Waals surface area contributed by atoms with Crippen LogP contribution in [0.1, 0.15) is 16.7 Å². The molecule has 0 aliphatic heterocycles. The second kappa shape index (κ2) is 12.0. The third-order valence-electron chi connectivity index (χ3n) is 4.94. The Morgan fingerprint density at radius 2 is 1.00 bits per heavy atom. The van der Waals surface area contributed by atoms with Gasteiger partial charge in [0.25, 0.3) is 0 Å². The van der Waals surface area contributed by atoms with Crippen molar-refractivity contribution in [2.75, 3.05) is 0 Å².